The average molecular weight is 578 g/mol. The zero-order valence-electron chi connectivity index (χ0n) is 22.2. The molecule has 1 saturated carbocycles. The number of para-hydroxylation sites is 1. The monoisotopic (exact) mass is 577 g/mol. The largest absolute Gasteiger partial charge is 0.360 e. The van der Waals surface area contributed by atoms with Crippen LogP contribution in [0.1, 0.15) is 48.8 Å². The molecule has 1 aliphatic carbocycles. The Balaban J connectivity index is 1.39. The number of rotatable bonds is 10. The number of pyridine rings is 1. The topological polar surface area (TPSA) is 117 Å². The molecule has 1 fully saturated rings. The molecular formula is C29H31N5O4S2. The minimum Gasteiger partial charge on any atom is -0.360 e. The number of thioether (sulfide) groups is 1. The molecule has 9 nitrogen and oxygen atoms in total. The molecule has 3 aromatic heterocycles. The highest BCUT2D eigenvalue weighted by Crippen LogP contribution is 2.33. The average Bonchev–Trinajstić information content (AvgIpc) is 3.63. The summed E-state index contributed by atoms with van der Waals surface area (Å²) in [5.41, 5.74) is 1.33. The molecule has 1 aromatic carbocycles. The minimum absolute atomic E-state index is 0.00330. The number of aryl methyl sites for hydroxylation is 1. The molecule has 1 unspecified atom stereocenters. The van der Waals surface area contributed by atoms with Gasteiger partial charge in [-0.2, -0.15) is 0 Å². The lowest BCUT2D eigenvalue weighted by Crippen LogP contribution is -2.47. The van der Waals surface area contributed by atoms with Gasteiger partial charge in [0, 0.05) is 22.4 Å². The molecule has 3 heterocycles. The lowest BCUT2D eigenvalue weighted by atomic mass is 9.95. The number of fused-ring (bicyclic) bond motifs is 1. The Morgan fingerprint density at radius 1 is 1.10 bits per heavy atom. The predicted molar refractivity (Wildman–Crippen MR) is 158 cm³/mol. The van der Waals surface area contributed by atoms with Crippen LogP contribution in [0, 0.1) is 6.92 Å². The van der Waals surface area contributed by atoms with Crippen molar-refractivity contribution in [1.82, 2.24) is 15.5 Å². The first kappa shape index (κ1) is 27.9. The quantitative estimate of drug-likeness (QED) is 0.256. The minimum atomic E-state index is -0.857. The molecule has 11 heteroatoms. The Hall–Kier alpha value is -3.70. The van der Waals surface area contributed by atoms with Crippen molar-refractivity contribution in [2.45, 2.75) is 51.1 Å². The summed E-state index contributed by atoms with van der Waals surface area (Å²) >= 11 is 2.61. The smallest absolute Gasteiger partial charge is 0.248 e. The maximum atomic E-state index is 13.9. The highest BCUT2D eigenvalue weighted by atomic mass is 32.2. The molecule has 0 radical (unpaired) electrons. The van der Waals surface area contributed by atoms with Gasteiger partial charge in [-0.3, -0.25) is 24.3 Å². The van der Waals surface area contributed by atoms with Crippen LogP contribution in [0.5, 0.6) is 0 Å². The van der Waals surface area contributed by atoms with E-state index < -0.39 is 6.04 Å². The van der Waals surface area contributed by atoms with Crippen LogP contribution in [0.25, 0.3) is 10.9 Å². The molecule has 2 N–H and O–H groups in total. The number of hydrogen-bond acceptors (Lipinski definition) is 8. The van der Waals surface area contributed by atoms with Gasteiger partial charge in [0.05, 0.1) is 28.9 Å². The Kier molecular flexibility index (Phi) is 9.12. The molecule has 1 atom stereocenters. The van der Waals surface area contributed by atoms with E-state index in [2.05, 4.69) is 20.8 Å². The van der Waals surface area contributed by atoms with E-state index in [-0.39, 0.29) is 35.3 Å². The van der Waals surface area contributed by atoms with Crippen LogP contribution in [0.2, 0.25) is 0 Å². The number of carbonyl (C=O) groups excluding carboxylic acids is 3. The molecule has 4 aromatic rings. The second-order valence-electron chi connectivity index (χ2n) is 9.78. The third-order valence-corrected chi connectivity index (χ3v) is 8.59. The van der Waals surface area contributed by atoms with Crippen molar-refractivity contribution in [3.63, 3.8) is 0 Å². The number of benzene rings is 1. The number of anilines is 2. The first-order valence-electron chi connectivity index (χ1n) is 13.3. The number of thiophene rings is 1. The van der Waals surface area contributed by atoms with Crippen molar-refractivity contribution in [3.05, 3.63) is 70.7 Å². The summed E-state index contributed by atoms with van der Waals surface area (Å²) in [6, 6.07) is 14.2. The fourth-order valence-electron chi connectivity index (χ4n) is 4.88. The second-order valence-corrected chi connectivity index (χ2v) is 11.7. The van der Waals surface area contributed by atoms with Crippen LogP contribution in [-0.2, 0) is 14.4 Å². The van der Waals surface area contributed by atoms with Crippen molar-refractivity contribution >= 4 is 63.2 Å². The van der Waals surface area contributed by atoms with E-state index in [0.29, 0.717) is 17.3 Å². The third kappa shape index (κ3) is 6.89. The van der Waals surface area contributed by atoms with Gasteiger partial charge in [0.2, 0.25) is 17.7 Å². The van der Waals surface area contributed by atoms with Gasteiger partial charge >= 0.3 is 0 Å². The number of nitrogens with one attached hydrogen (secondary N) is 2. The van der Waals surface area contributed by atoms with Gasteiger partial charge < -0.3 is 15.2 Å². The Bertz CT molecular complexity index is 1470. The summed E-state index contributed by atoms with van der Waals surface area (Å²) < 4.78 is 4.98. The summed E-state index contributed by atoms with van der Waals surface area (Å²) in [4.78, 5) is 47.1. The van der Waals surface area contributed by atoms with Gasteiger partial charge in [-0.05, 0) is 43.3 Å². The van der Waals surface area contributed by atoms with Gasteiger partial charge in [0.25, 0.3) is 0 Å². The van der Waals surface area contributed by atoms with Crippen LogP contribution < -0.4 is 15.5 Å². The van der Waals surface area contributed by atoms with Gasteiger partial charge in [-0.1, -0.05) is 48.7 Å². The van der Waals surface area contributed by atoms with Crippen molar-refractivity contribution < 1.29 is 18.9 Å². The number of hydrogen-bond donors (Lipinski definition) is 2. The maximum absolute atomic E-state index is 13.9. The Labute approximate surface area is 240 Å². The highest BCUT2D eigenvalue weighted by Gasteiger charge is 2.35. The molecule has 0 aliphatic heterocycles. The summed E-state index contributed by atoms with van der Waals surface area (Å²) in [6.45, 7) is 1.74. The lowest BCUT2D eigenvalue weighted by Gasteiger charge is -2.32. The maximum Gasteiger partial charge on any atom is 0.248 e. The van der Waals surface area contributed by atoms with Gasteiger partial charge in [-0.25, -0.2) is 0 Å². The zero-order chi connectivity index (χ0) is 27.9. The Morgan fingerprint density at radius 3 is 2.67 bits per heavy atom. The van der Waals surface area contributed by atoms with Crippen molar-refractivity contribution in [3.8, 4) is 0 Å². The number of nitrogens with zero attached hydrogens (tertiary/aromatic N) is 3. The molecule has 5 rings (SSSR count). The van der Waals surface area contributed by atoms with Crippen LogP contribution >= 0.6 is 23.1 Å². The highest BCUT2D eigenvalue weighted by molar-refractivity contribution is 8.00. The number of amides is 3. The lowest BCUT2D eigenvalue weighted by molar-refractivity contribution is -0.126. The molecular weight excluding hydrogens is 546 g/mol. The summed E-state index contributed by atoms with van der Waals surface area (Å²) in [5, 5.41) is 12.4. The predicted octanol–water partition coefficient (Wildman–Crippen LogP) is 5.49. The molecule has 40 heavy (non-hydrogen) atoms. The van der Waals surface area contributed by atoms with E-state index >= 15 is 0 Å². The number of aromatic nitrogens is 2. The first-order valence-corrected chi connectivity index (χ1v) is 15.3. The van der Waals surface area contributed by atoms with Crippen LogP contribution in [-0.4, -0.2) is 45.4 Å². The summed E-state index contributed by atoms with van der Waals surface area (Å²) in [5.74, 6) is 0.161. The van der Waals surface area contributed by atoms with Gasteiger partial charge in [0.15, 0.2) is 5.82 Å². The molecule has 208 valence electrons. The first-order chi connectivity index (χ1) is 19.5. The van der Waals surface area contributed by atoms with Gasteiger partial charge in [0.1, 0.15) is 11.8 Å². The van der Waals surface area contributed by atoms with E-state index in [9.17, 15) is 14.4 Å². The molecule has 0 saturated heterocycles. The standard InChI is InChI=1S/C29H31N5O4S2/c1-19-14-25(33-38-19)32-26(35)17-39-18-27(36)34(22-15-20-8-5-6-11-23(20)30-16-22)28(24-12-7-13-40-24)29(37)31-21-9-3-2-4-10-21/h5-8,11-16,21,28H,2-4,9-10,17-18H2,1H3,(H,31,37)(H,32,33,35). The third-order valence-electron chi connectivity index (χ3n) is 6.75. The Morgan fingerprint density at radius 2 is 1.93 bits per heavy atom. The van der Waals surface area contributed by atoms with E-state index in [1.54, 1.807) is 19.2 Å². The fourth-order valence-corrected chi connectivity index (χ4v) is 6.37. The van der Waals surface area contributed by atoms with Crippen LogP contribution in [0.3, 0.4) is 0 Å². The van der Waals surface area contributed by atoms with Gasteiger partial charge in [-0.15, -0.1) is 23.1 Å². The molecule has 1 aliphatic rings. The van der Waals surface area contributed by atoms with Crippen molar-refractivity contribution in [2.24, 2.45) is 0 Å². The van der Waals surface area contributed by atoms with Crippen molar-refractivity contribution in [2.75, 3.05) is 21.7 Å². The molecule has 0 bridgehead atoms. The van der Waals surface area contributed by atoms with E-state index in [4.69, 9.17) is 4.52 Å². The van der Waals surface area contributed by atoms with Crippen LogP contribution in [0.4, 0.5) is 11.5 Å². The summed E-state index contributed by atoms with van der Waals surface area (Å²) in [6.07, 6.45) is 6.85. The fraction of sp³-hybridized carbons (Fsp3) is 0.345. The van der Waals surface area contributed by atoms with Crippen LogP contribution in [0.15, 0.2) is 64.6 Å². The SMILES string of the molecule is Cc1cc(NC(=O)CSCC(=O)N(c2cnc3ccccc3c2)C(C(=O)NC2CCCCC2)c2cccs2)no1. The molecule has 3 amide bonds. The summed E-state index contributed by atoms with van der Waals surface area (Å²) in [7, 11) is 0. The second kappa shape index (κ2) is 13.1. The van der Waals surface area contributed by atoms with E-state index in [1.165, 1.54) is 34.4 Å². The normalized spacial score (nSPS) is 14.5. The van der Waals surface area contributed by atoms with E-state index in [1.807, 2.05) is 47.8 Å². The van der Waals surface area contributed by atoms with Crippen molar-refractivity contribution in [1.29, 1.82) is 0 Å². The molecule has 0 spiro atoms. The van der Waals surface area contributed by atoms with E-state index in [0.717, 1.165) is 41.5 Å². The number of carbonyl (C=O) groups is 3. The zero-order valence-corrected chi connectivity index (χ0v) is 23.8.